The zero-order valence-electron chi connectivity index (χ0n) is 13.8. The van der Waals surface area contributed by atoms with Gasteiger partial charge in [-0.3, -0.25) is 4.90 Å². The van der Waals surface area contributed by atoms with Gasteiger partial charge in [0.25, 0.3) is 0 Å². The molecular formula is C18H28N2O. The van der Waals surface area contributed by atoms with E-state index in [2.05, 4.69) is 50.0 Å². The van der Waals surface area contributed by atoms with E-state index in [0.29, 0.717) is 6.04 Å². The van der Waals surface area contributed by atoms with E-state index in [0.717, 1.165) is 44.8 Å². The number of hydrogen-bond acceptors (Lipinski definition) is 3. The van der Waals surface area contributed by atoms with E-state index in [1.54, 1.807) is 0 Å². The predicted molar refractivity (Wildman–Crippen MR) is 87.0 cm³/mol. The second-order valence-corrected chi connectivity index (χ2v) is 6.63. The summed E-state index contributed by atoms with van der Waals surface area (Å²) in [6.07, 6.45) is 2.23. The van der Waals surface area contributed by atoms with E-state index in [4.69, 9.17) is 4.74 Å². The van der Waals surface area contributed by atoms with Crippen LogP contribution >= 0.6 is 0 Å². The third-order valence-electron chi connectivity index (χ3n) is 5.33. The van der Waals surface area contributed by atoms with Crippen LogP contribution in [0.15, 0.2) is 12.1 Å². The Hall–Kier alpha value is -1.06. The number of hydrogen-bond donors (Lipinski definition) is 1. The minimum atomic E-state index is 0.00194. The molecule has 1 N–H and O–H groups in total. The van der Waals surface area contributed by atoms with Crippen LogP contribution < -0.4 is 10.1 Å². The molecule has 21 heavy (non-hydrogen) atoms. The maximum absolute atomic E-state index is 6.50. The maximum Gasteiger partial charge on any atom is 0.125 e. The van der Waals surface area contributed by atoms with Gasteiger partial charge in [-0.1, -0.05) is 19.9 Å². The van der Waals surface area contributed by atoms with Crippen LogP contribution in [0.3, 0.4) is 0 Å². The molecule has 1 aromatic rings. The summed E-state index contributed by atoms with van der Waals surface area (Å²) in [4.78, 5) is 2.58. The molecule has 3 rings (SSSR count). The molecule has 2 aliphatic heterocycles. The van der Waals surface area contributed by atoms with Gasteiger partial charge in [0.1, 0.15) is 11.4 Å². The molecule has 2 aliphatic rings. The van der Waals surface area contributed by atoms with Gasteiger partial charge in [-0.2, -0.15) is 0 Å². The Kier molecular flexibility index (Phi) is 3.98. The van der Waals surface area contributed by atoms with Crippen molar-refractivity contribution in [2.45, 2.75) is 52.2 Å². The van der Waals surface area contributed by atoms with Gasteiger partial charge < -0.3 is 10.1 Å². The van der Waals surface area contributed by atoms with Crippen LogP contribution in [0.2, 0.25) is 0 Å². The van der Waals surface area contributed by atoms with Crippen molar-refractivity contribution in [1.29, 1.82) is 0 Å². The highest BCUT2D eigenvalue weighted by Gasteiger charge is 2.44. The van der Waals surface area contributed by atoms with E-state index >= 15 is 0 Å². The molecule has 2 unspecified atom stereocenters. The summed E-state index contributed by atoms with van der Waals surface area (Å²) in [6.45, 7) is 13.2. The lowest BCUT2D eigenvalue weighted by Crippen LogP contribution is -2.46. The first-order valence-corrected chi connectivity index (χ1v) is 8.33. The molecule has 0 amide bonds. The van der Waals surface area contributed by atoms with Crippen LogP contribution in [-0.4, -0.2) is 36.7 Å². The molecule has 0 saturated carbocycles. The van der Waals surface area contributed by atoms with Crippen LogP contribution in [0.4, 0.5) is 0 Å². The van der Waals surface area contributed by atoms with E-state index in [1.807, 2.05) is 0 Å². The lowest BCUT2D eigenvalue weighted by Gasteiger charge is -2.43. The van der Waals surface area contributed by atoms with Gasteiger partial charge in [-0.05, 0) is 50.7 Å². The van der Waals surface area contributed by atoms with Crippen molar-refractivity contribution in [3.8, 4) is 5.75 Å². The predicted octanol–water partition coefficient (Wildman–Crippen LogP) is 3.20. The Morgan fingerprint density at radius 3 is 2.57 bits per heavy atom. The van der Waals surface area contributed by atoms with E-state index in [9.17, 15) is 0 Å². The molecular weight excluding hydrogens is 260 g/mol. The van der Waals surface area contributed by atoms with Gasteiger partial charge in [0.05, 0.1) is 0 Å². The third kappa shape index (κ3) is 2.58. The monoisotopic (exact) mass is 288 g/mol. The number of fused-ring (bicyclic) bond motifs is 1. The summed E-state index contributed by atoms with van der Waals surface area (Å²) >= 11 is 0. The average Bonchev–Trinajstić information content (AvgIpc) is 2.90. The number of ether oxygens (including phenoxy) is 1. The van der Waals surface area contributed by atoms with Crippen LogP contribution in [0, 0.1) is 13.8 Å². The Bertz CT molecular complexity index is 516. The molecule has 2 atom stereocenters. The van der Waals surface area contributed by atoms with Crippen LogP contribution in [0.1, 0.15) is 49.4 Å². The van der Waals surface area contributed by atoms with Crippen molar-refractivity contribution < 1.29 is 4.74 Å². The zero-order valence-corrected chi connectivity index (χ0v) is 13.8. The molecule has 0 aromatic heterocycles. The molecule has 3 heteroatoms. The SMILES string of the molecule is CCN(CC)C1CC2(CCNC2)Oc2cc(C)c(C)cc21. The fraction of sp³-hybridized carbons (Fsp3) is 0.667. The topological polar surface area (TPSA) is 24.5 Å². The Labute approximate surface area is 128 Å². The molecule has 3 nitrogen and oxygen atoms in total. The van der Waals surface area contributed by atoms with E-state index < -0.39 is 0 Å². The van der Waals surface area contributed by atoms with Crippen molar-refractivity contribution in [2.75, 3.05) is 26.2 Å². The lowest BCUT2D eigenvalue weighted by molar-refractivity contribution is 0.0193. The number of benzene rings is 1. The minimum absolute atomic E-state index is 0.00194. The van der Waals surface area contributed by atoms with E-state index in [-0.39, 0.29) is 5.60 Å². The molecule has 1 fully saturated rings. The first kappa shape index (κ1) is 14.9. The number of nitrogens with zero attached hydrogens (tertiary/aromatic N) is 1. The summed E-state index contributed by atoms with van der Waals surface area (Å²) < 4.78 is 6.50. The highest BCUT2D eigenvalue weighted by Crippen LogP contribution is 2.45. The minimum Gasteiger partial charge on any atom is -0.485 e. The standard InChI is InChI=1S/C18H28N2O/c1-5-20(6-2)16-11-18(7-8-19-12-18)21-17-10-14(4)13(3)9-15(16)17/h9-10,16,19H,5-8,11-12H2,1-4H3. The van der Waals surface area contributed by atoms with Crippen molar-refractivity contribution in [3.63, 3.8) is 0 Å². The molecule has 2 heterocycles. The smallest absolute Gasteiger partial charge is 0.125 e. The first-order chi connectivity index (χ1) is 10.1. The maximum atomic E-state index is 6.50. The molecule has 1 aromatic carbocycles. The van der Waals surface area contributed by atoms with Crippen LogP contribution in [0.5, 0.6) is 5.75 Å². The second-order valence-electron chi connectivity index (χ2n) is 6.63. The lowest BCUT2D eigenvalue weighted by atomic mass is 9.84. The van der Waals surface area contributed by atoms with Crippen molar-refractivity contribution in [3.05, 3.63) is 28.8 Å². The molecule has 1 spiro atoms. The van der Waals surface area contributed by atoms with Gasteiger partial charge in [-0.25, -0.2) is 0 Å². The normalized spacial score (nSPS) is 28.0. The van der Waals surface area contributed by atoms with Gasteiger partial charge in [-0.15, -0.1) is 0 Å². The second kappa shape index (κ2) is 5.62. The van der Waals surface area contributed by atoms with Crippen LogP contribution in [0.25, 0.3) is 0 Å². The van der Waals surface area contributed by atoms with Gasteiger partial charge >= 0.3 is 0 Å². The largest absolute Gasteiger partial charge is 0.485 e. The fourth-order valence-corrected chi connectivity index (χ4v) is 3.87. The van der Waals surface area contributed by atoms with Crippen LogP contribution in [-0.2, 0) is 0 Å². The molecule has 116 valence electrons. The fourth-order valence-electron chi connectivity index (χ4n) is 3.87. The molecule has 0 aliphatic carbocycles. The Morgan fingerprint density at radius 1 is 1.24 bits per heavy atom. The highest BCUT2D eigenvalue weighted by atomic mass is 16.5. The Morgan fingerprint density at radius 2 is 1.95 bits per heavy atom. The summed E-state index contributed by atoms with van der Waals surface area (Å²) in [5.41, 5.74) is 4.09. The summed E-state index contributed by atoms with van der Waals surface area (Å²) in [7, 11) is 0. The van der Waals surface area contributed by atoms with Crippen molar-refractivity contribution >= 4 is 0 Å². The molecule has 1 saturated heterocycles. The zero-order chi connectivity index (χ0) is 15.0. The van der Waals surface area contributed by atoms with Gasteiger partial charge in [0, 0.05) is 31.0 Å². The summed E-state index contributed by atoms with van der Waals surface area (Å²) in [5, 5.41) is 3.49. The highest BCUT2D eigenvalue weighted by molar-refractivity contribution is 5.45. The molecule has 0 radical (unpaired) electrons. The third-order valence-corrected chi connectivity index (χ3v) is 5.33. The van der Waals surface area contributed by atoms with E-state index in [1.165, 1.54) is 16.7 Å². The molecule has 0 bridgehead atoms. The van der Waals surface area contributed by atoms with Crippen molar-refractivity contribution in [2.24, 2.45) is 0 Å². The summed E-state index contributed by atoms with van der Waals surface area (Å²) in [5.74, 6) is 1.12. The number of rotatable bonds is 3. The number of aryl methyl sites for hydroxylation is 2. The van der Waals surface area contributed by atoms with Gasteiger partial charge in [0.15, 0.2) is 0 Å². The quantitative estimate of drug-likeness (QED) is 0.924. The number of nitrogens with one attached hydrogen (secondary N) is 1. The first-order valence-electron chi connectivity index (χ1n) is 8.33. The van der Waals surface area contributed by atoms with Gasteiger partial charge in [0.2, 0.25) is 0 Å². The average molecular weight is 288 g/mol. The Balaban J connectivity index is 2.05. The van der Waals surface area contributed by atoms with Crippen molar-refractivity contribution in [1.82, 2.24) is 10.2 Å². The summed E-state index contributed by atoms with van der Waals surface area (Å²) in [6, 6.07) is 5.09.